The first kappa shape index (κ1) is 20.8. The van der Waals surface area contributed by atoms with Gasteiger partial charge in [-0.15, -0.1) is 0 Å². The molecule has 1 N–H and O–H groups in total. The Morgan fingerprint density at radius 2 is 1.97 bits per heavy atom. The van der Waals surface area contributed by atoms with Crippen molar-refractivity contribution >= 4 is 23.4 Å². The van der Waals surface area contributed by atoms with Gasteiger partial charge < -0.3 is 14.8 Å². The first-order chi connectivity index (χ1) is 14.7. The molecule has 0 saturated carbocycles. The maximum Gasteiger partial charge on any atom is 0.356 e. The van der Waals surface area contributed by atoms with E-state index in [0.29, 0.717) is 17.0 Å². The van der Waals surface area contributed by atoms with Crippen molar-refractivity contribution in [2.24, 2.45) is 0 Å². The van der Waals surface area contributed by atoms with E-state index in [2.05, 4.69) is 15.4 Å². The van der Waals surface area contributed by atoms with E-state index in [0.717, 1.165) is 29.5 Å². The molecule has 8 heteroatoms. The van der Waals surface area contributed by atoms with Crippen molar-refractivity contribution in [1.29, 1.82) is 0 Å². The van der Waals surface area contributed by atoms with Crippen LogP contribution in [0, 0.1) is 6.92 Å². The van der Waals surface area contributed by atoms with Crippen LogP contribution in [0.1, 0.15) is 70.8 Å². The van der Waals surface area contributed by atoms with Crippen molar-refractivity contribution in [3.05, 3.63) is 58.4 Å². The smallest absolute Gasteiger partial charge is 0.356 e. The number of hydrogen-bond donors (Lipinski definition) is 1. The van der Waals surface area contributed by atoms with Crippen molar-refractivity contribution in [3.8, 4) is 0 Å². The van der Waals surface area contributed by atoms with Crippen molar-refractivity contribution in [2.45, 2.75) is 52.2 Å². The van der Waals surface area contributed by atoms with Crippen LogP contribution in [0.25, 0.3) is 5.65 Å². The summed E-state index contributed by atoms with van der Waals surface area (Å²) < 4.78 is 12.0. The summed E-state index contributed by atoms with van der Waals surface area (Å²) in [6, 6.07) is 7.21. The third-order valence-corrected chi connectivity index (χ3v) is 5.39. The predicted octanol–water partition coefficient (Wildman–Crippen LogP) is 3.88. The number of aromatic nitrogens is 3. The number of nitrogens with zero attached hydrogens (tertiary/aromatic N) is 3. The number of anilines is 1. The minimum atomic E-state index is -0.541. The predicted molar refractivity (Wildman–Crippen MR) is 115 cm³/mol. The van der Waals surface area contributed by atoms with E-state index in [-0.39, 0.29) is 17.7 Å². The summed E-state index contributed by atoms with van der Waals surface area (Å²) in [6.45, 7) is 7.55. The molecular weight excluding hydrogens is 396 g/mol. The molecule has 2 heterocycles. The normalized spacial score (nSPS) is 15.6. The number of carbonyl (C=O) groups excluding carboxylic acids is 2. The summed E-state index contributed by atoms with van der Waals surface area (Å²) in [6.07, 6.45) is 3.33. The van der Waals surface area contributed by atoms with Gasteiger partial charge in [0.15, 0.2) is 11.3 Å². The molecule has 0 unspecified atom stereocenters. The summed E-state index contributed by atoms with van der Waals surface area (Å²) in [5, 5.41) is 7.81. The highest BCUT2D eigenvalue weighted by Gasteiger charge is 2.28. The molecule has 0 aliphatic heterocycles. The van der Waals surface area contributed by atoms with E-state index >= 15 is 0 Å². The number of rotatable bonds is 4. The SMILES string of the molecule is COC(=O)c1cc(N[C@H]2CCc3c2ccc(C(=O)OC(C)(C)C)c3C)n2nccc2n1. The molecule has 8 nitrogen and oxygen atoms in total. The number of fused-ring (bicyclic) bond motifs is 2. The van der Waals surface area contributed by atoms with E-state index in [4.69, 9.17) is 9.47 Å². The molecule has 1 aliphatic carbocycles. The minimum Gasteiger partial charge on any atom is -0.464 e. The van der Waals surface area contributed by atoms with Crippen LogP contribution in [0.2, 0.25) is 0 Å². The Bertz CT molecular complexity index is 1180. The lowest BCUT2D eigenvalue weighted by molar-refractivity contribution is 0.00684. The van der Waals surface area contributed by atoms with Crippen molar-refractivity contribution in [1.82, 2.24) is 14.6 Å². The second kappa shape index (κ2) is 7.68. The standard InChI is InChI=1S/C23H26N4O4/c1-13-14-8-9-17(16(14)7-6-15(13)21(28)31-23(2,3)4)25-20-12-18(22(29)30-5)26-19-10-11-24-27(19)20/h6-7,10-12,17,25H,8-9H2,1-5H3/t17-/m0/s1. The highest BCUT2D eigenvalue weighted by atomic mass is 16.6. The lowest BCUT2D eigenvalue weighted by Crippen LogP contribution is -2.24. The molecule has 1 aromatic carbocycles. The van der Waals surface area contributed by atoms with E-state index in [9.17, 15) is 9.59 Å². The van der Waals surface area contributed by atoms with Crippen LogP contribution < -0.4 is 5.32 Å². The summed E-state index contributed by atoms with van der Waals surface area (Å²) >= 11 is 0. The molecule has 4 rings (SSSR count). The van der Waals surface area contributed by atoms with Crippen LogP contribution >= 0.6 is 0 Å². The molecule has 3 aromatic rings. The number of hydrogen-bond acceptors (Lipinski definition) is 7. The Kier molecular flexibility index (Phi) is 5.16. The second-order valence-corrected chi connectivity index (χ2v) is 8.66. The van der Waals surface area contributed by atoms with Gasteiger partial charge in [-0.2, -0.15) is 9.61 Å². The Balaban J connectivity index is 1.65. The van der Waals surface area contributed by atoms with E-state index < -0.39 is 11.6 Å². The summed E-state index contributed by atoms with van der Waals surface area (Å²) in [7, 11) is 1.33. The van der Waals surface area contributed by atoms with Gasteiger partial charge in [0.05, 0.1) is 24.9 Å². The van der Waals surface area contributed by atoms with Crippen molar-refractivity contribution in [2.75, 3.05) is 12.4 Å². The summed E-state index contributed by atoms with van der Waals surface area (Å²) in [4.78, 5) is 28.9. The molecule has 0 amide bonds. The maximum absolute atomic E-state index is 12.6. The zero-order valence-electron chi connectivity index (χ0n) is 18.4. The zero-order valence-corrected chi connectivity index (χ0v) is 18.4. The van der Waals surface area contributed by atoms with Gasteiger partial charge in [0.2, 0.25) is 0 Å². The van der Waals surface area contributed by atoms with E-state index in [1.807, 2.05) is 39.8 Å². The van der Waals surface area contributed by atoms with Gasteiger partial charge in [0.1, 0.15) is 11.4 Å². The Morgan fingerprint density at radius 1 is 1.19 bits per heavy atom. The quantitative estimate of drug-likeness (QED) is 0.638. The molecule has 0 fully saturated rings. The van der Waals surface area contributed by atoms with Gasteiger partial charge in [-0.1, -0.05) is 6.07 Å². The molecule has 162 valence electrons. The van der Waals surface area contributed by atoms with Gasteiger partial charge in [-0.05, 0) is 63.3 Å². The monoisotopic (exact) mass is 422 g/mol. The Labute approximate surface area is 180 Å². The molecule has 0 saturated heterocycles. The molecule has 0 spiro atoms. The average molecular weight is 422 g/mol. The highest BCUT2D eigenvalue weighted by molar-refractivity contribution is 5.92. The highest BCUT2D eigenvalue weighted by Crippen LogP contribution is 2.37. The van der Waals surface area contributed by atoms with Crippen LogP contribution in [-0.2, 0) is 15.9 Å². The van der Waals surface area contributed by atoms with E-state index in [1.165, 1.54) is 7.11 Å². The second-order valence-electron chi connectivity index (χ2n) is 8.66. The third-order valence-electron chi connectivity index (χ3n) is 5.39. The molecule has 2 aromatic heterocycles. The fourth-order valence-electron chi connectivity index (χ4n) is 3.99. The van der Waals surface area contributed by atoms with Gasteiger partial charge in [0.25, 0.3) is 0 Å². The lowest BCUT2D eigenvalue weighted by Gasteiger charge is -2.21. The van der Waals surface area contributed by atoms with Crippen LogP contribution in [0.4, 0.5) is 5.82 Å². The topological polar surface area (TPSA) is 94.8 Å². The van der Waals surface area contributed by atoms with Gasteiger partial charge in [-0.25, -0.2) is 14.6 Å². The molecule has 31 heavy (non-hydrogen) atoms. The zero-order chi connectivity index (χ0) is 22.3. The fourth-order valence-corrected chi connectivity index (χ4v) is 3.99. The first-order valence-electron chi connectivity index (χ1n) is 10.2. The van der Waals surface area contributed by atoms with Gasteiger partial charge in [0, 0.05) is 12.1 Å². The third kappa shape index (κ3) is 3.97. The van der Waals surface area contributed by atoms with Crippen LogP contribution in [0.3, 0.4) is 0 Å². The van der Waals surface area contributed by atoms with Gasteiger partial charge in [-0.3, -0.25) is 0 Å². The Morgan fingerprint density at radius 3 is 2.68 bits per heavy atom. The van der Waals surface area contributed by atoms with E-state index in [1.54, 1.807) is 22.8 Å². The lowest BCUT2D eigenvalue weighted by atomic mass is 9.97. The number of nitrogens with one attached hydrogen (secondary N) is 1. The number of ether oxygens (including phenoxy) is 2. The summed E-state index contributed by atoms with van der Waals surface area (Å²) in [5.74, 6) is -0.155. The average Bonchev–Trinajstić information content (AvgIpc) is 3.33. The number of carbonyl (C=O) groups is 2. The van der Waals surface area contributed by atoms with Gasteiger partial charge >= 0.3 is 11.9 Å². The minimum absolute atomic E-state index is 0.0154. The summed E-state index contributed by atoms with van der Waals surface area (Å²) in [5.41, 5.74) is 4.06. The maximum atomic E-state index is 12.6. The molecule has 1 atom stereocenters. The molecule has 0 radical (unpaired) electrons. The van der Waals surface area contributed by atoms with Crippen molar-refractivity contribution in [3.63, 3.8) is 0 Å². The fraction of sp³-hybridized carbons (Fsp3) is 0.391. The van der Waals surface area contributed by atoms with Crippen LogP contribution in [-0.4, -0.2) is 39.2 Å². The number of esters is 2. The first-order valence-corrected chi connectivity index (χ1v) is 10.2. The number of benzene rings is 1. The largest absolute Gasteiger partial charge is 0.464 e. The molecular formula is C23H26N4O4. The molecule has 1 aliphatic rings. The van der Waals surface area contributed by atoms with Crippen LogP contribution in [0.5, 0.6) is 0 Å². The van der Waals surface area contributed by atoms with Crippen molar-refractivity contribution < 1.29 is 19.1 Å². The Hall–Kier alpha value is -3.42. The van der Waals surface area contributed by atoms with Crippen LogP contribution in [0.15, 0.2) is 30.5 Å². The number of methoxy groups -OCH3 is 1. The molecule has 0 bridgehead atoms.